The fourth-order valence-corrected chi connectivity index (χ4v) is 1.82. The molecule has 2 N–H and O–H groups in total. The third-order valence-corrected chi connectivity index (χ3v) is 2.75. The normalized spacial score (nSPS) is 10.5. The summed E-state index contributed by atoms with van der Waals surface area (Å²) in [6, 6.07) is 2.15. The molecular weight excluding hydrogens is 230 g/mol. The van der Waals surface area contributed by atoms with Gasteiger partial charge in [-0.3, -0.25) is 0 Å². The highest BCUT2D eigenvalue weighted by Gasteiger charge is 2.11. The highest BCUT2D eigenvalue weighted by atomic mass is 16.5. The molecule has 0 saturated heterocycles. The Kier molecular flexibility index (Phi) is 6.99. The first-order chi connectivity index (χ1) is 8.83. The van der Waals surface area contributed by atoms with Crippen LogP contribution in [-0.4, -0.2) is 35.3 Å². The van der Waals surface area contributed by atoms with E-state index in [1.54, 1.807) is 7.11 Å². The lowest BCUT2D eigenvalue weighted by Gasteiger charge is -2.07. The Morgan fingerprint density at radius 1 is 1.39 bits per heavy atom. The molecule has 0 amide bonds. The van der Waals surface area contributed by atoms with E-state index < -0.39 is 0 Å². The van der Waals surface area contributed by atoms with Gasteiger partial charge in [-0.25, -0.2) is 4.68 Å². The van der Waals surface area contributed by atoms with Crippen molar-refractivity contribution in [2.45, 2.75) is 38.6 Å². The number of nitrogens with two attached hydrogens (primary N) is 1. The number of nitriles is 1. The molecule has 0 radical (unpaired) electrons. The number of unbranched alkanes of at least 4 members (excludes halogenated alkanes) is 2. The molecule has 1 heterocycles. The lowest BCUT2D eigenvalue weighted by molar-refractivity contribution is 0.200. The van der Waals surface area contributed by atoms with E-state index in [2.05, 4.69) is 16.4 Å². The van der Waals surface area contributed by atoms with Crippen molar-refractivity contribution < 1.29 is 4.74 Å². The number of ether oxygens (including phenoxy) is 1. The Bertz CT molecular complexity index is 382. The number of aromatic nitrogens is 3. The first kappa shape index (κ1) is 14.6. The molecule has 1 aromatic heterocycles. The number of methoxy groups -OCH3 is 1. The molecule has 18 heavy (non-hydrogen) atoms. The van der Waals surface area contributed by atoms with Gasteiger partial charge in [0.25, 0.3) is 0 Å². The number of nitrogens with zero attached hydrogens (tertiary/aromatic N) is 4. The van der Waals surface area contributed by atoms with Crippen molar-refractivity contribution in [3.8, 4) is 6.07 Å². The molecule has 0 spiro atoms. The monoisotopic (exact) mass is 251 g/mol. The number of hydrogen-bond donors (Lipinski definition) is 1. The summed E-state index contributed by atoms with van der Waals surface area (Å²) in [4.78, 5) is 0. The third kappa shape index (κ3) is 4.43. The molecule has 0 bridgehead atoms. The molecule has 0 aliphatic carbocycles. The highest BCUT2D eigenvalue weighted by molar-refractivity contribution is 5.11. The summed E-state index contributed by atoms with van der Waals surface area (Å²) in [6.07, 6.45) is 3.98. The van der Waals surface area contributed by atoms with Gasteiger partial charge >= 0.3 is 0 Å². The van der Waals surface area contributed by atoms with Crippen molar-refractivity contribution in [2.75, 3.05) is 20.3 Å². The zero-order valence-electron chi connectivity index (χ0n) is 10.9. The van der Waals surface area contributed by atoms with E-state index in [1.165, 1.54) is 0 Å². The van der Waals surface area contributed by atoms with Gasteiger partial charge in [0.2, 0.25) is 0 Å². The average molecular weight is 251 g/mol. The van der Waals surface area contributed by atoms with Crippen LogP contribution in [-0.2, 0) is 24.1 Å². The molecule has 0 aliphatic heterocycles. The maximum absolute atomic E-state index is 8.49. The van der Waals surface area contributed by atoms with Gasteiger partial charge in [-0.15, -0.1) is 5.10 Å². The van der Waals surface area contributed by atoms with Crippen LogP contribution >= 0.6 is 0 Å². The van der Waals surface area contributed by atoms with Gasteiger partial charge in [-0.05, 0) is 19.4 Å². The van der Waals surface area contributed by atoms with E-state index in [9.17, 15) is 0 Å². The van der Waals surface area contributed by atoms with Crippen molar-refractivity contribution in [3.05, 3.63) is 11.4 Å². The van der Waals surface area contributed by atoms with E-state index >= 15 is 0 Å². The van der Waals surface area contributed by atoms with Crippen LogP contribution in [0.4, 0.5) is 0 Å². The van der Waals surface area contributed by atoms with Crippen LogP contribution in [0.2, 0.25) is 0 Å². The highest BCUT2D eigenvalue weighted by Crippen LogP contribution is 2.09. The topological polar surface area (TPSA) is 89.8 Å². The summed E-state index contributed by atoms with van der Waals surface area (Å²) in [6.45, 7) is 2.04. The van der Waals surface area contributed by atoms with E-state index in [1.807, 2.05) is 4.68 Å². The summed E-state index contributed by atoms with van der Waals surface area (Å²) >= 11 is 0. The maximum atomic E-state index is 8.49. The van der Waals surface area contributed by atoms with Crippen LogP contribution in [0.15, 0.2) is 0 Å². The average Bonchev–Trinajstić information content (AvgIpc) is 2.75. The van der Waals surface area contributed by atoms with Crippen LogP contribution in [0.3, 0.4) is 0 Å². The van der Waals surface area contributed by atoms with Crippen LogP contribution < -0.4 is 5.73 Å². The van der Waals surface area contributed by atoms with E-state index in [0.29, 0.717) is 19.6 Å². The van der Waals surface area contributed by atoms with Crippen LogP contribution in [0, 0.1) is 11.3 Å². The zero-order chi connectivity index (χ0) is 13.2. The van der Waals surface area contributed by atoms with Gasteiger partial charge in [-0.2, -0.15) is 5.26 Å². The van der Waals surface area contributed by atoms with Crippen LogP contribution in [0.25, 0.3) is 0 Å². The number of rotatable bonds is 9. The Balaban J connectivity index is 2.61. The van der Waals surface area contributed by atoms with Crippen molar-refractivity contribution in [3.63, 3.8) is 0 Å². The van der Waals surface area contributed by atoms with Gasteiger partial charge in [0.05, 0.1) is 24.1 Å². The van der Waals surface area contributed by atoms with E-state index in [-0.39, 0.29) is 0 Å². The molecular formula is C12H21N5O. The minimum Gasteiger partial charge on any atom is -0.384 e. The third-order valence-electron chi connectivity index (χ3n) is 2.75. The van der Waals surface area contributed by atoms with Gasteiger partial charge < -0.3 is 10.5 Å². The lowest BCUT2D eigenvalue weighted by Crippen LogP contribution is -2.11. The van der Waals surface area contributed by atoms with Crippen molar-refractivity contribution in [1.29, 1.82) is 5.26 Å². The van der Waals surface area contributed by atoms with Crippen molar-refractivity contribution in [1.82, 2.24) is 15.0 Å². The van der Waals surface area contributed by atoms with Crippen LogP contribution in [0.5, 0.6) is 0 Å². The number of aryl methyl sites for hydroxylation is 1. The standard InChI is InChI=1S/C12H21N5O/c1-18-10-6-12-11(5-8-14)15-16-17(12)9-4-2-3-7-13/h2-6,8-10,14H2,1H3. The number of hydrogen-bond acceptors (Lipinski definition) is 5. The fourth-order valence-electron chi connectivity index (χ4n) is 1.82. The molecule has 1 aromatic rings. The smallest absolute Gasteiger partial charge is 0.0872 e. The molecule has 0 saturated carbocycles. The fraction of sp³-hybridized carbons (Fsp3) is 0.750. The Morgan fingerprint density at radius 3 is 2.89 bits per heavy atom. The molecule has 0 unspecified atom stereocenters. The van der Waals surface area contributed by atoms with Gasteiger partial charge in [0, 0.05) is 32.9 Å². The summed E-state index contributed by atoms with van der Waals surface area (Å²) in [5.41, 5.74) is 7.64. The van der Waals surface area contributed by atoms with E-state index in [0.717, 1.165) is 43.6 Å². The molecule has 1 rings (SSSR count). The Labute approximate surface area is 108 Å². The molecule has 100 valence electrons. The Hall–Kier alpha value is -1.45. The first-order valence-corrected chi connectivity index (χ1v) is 6.30. The van der Waals surface area contributed by atoms with Gasteiger partial charge in [-0.1, -0.05) is 5.21 Å². The quantitative estimate of drug-likeness (QED) is 0.651. The SMILES string of the molecule is COCCc1c(CCN)nnn1CCCCC#N. The maximum Gasteiger partial charge on any atom is 0.0872 e. The predicted molar refractivity (Wildman–Crippen MR) is 67.8 cm³/mol. The summed E-state index contributed by atoms with van der Waals surface area (Å²) < 4.78 is 7.02. The second kappa shape index (κ2) is 8.61. The second-order valence-electron chi connectivity index (χ2n) is 4.10. The molecule has 0 aromatic carbocycles. The van der Waals surface area contributed by atoms with Crippen LogP contribution in [0.1, 0.15) is 30.7 Å². The molecule has 0 fully saturated rings. The summed E-state index contributed by atoms with van der Waals surface area (Å²) in [5.74, 6) is 0. The van der Waals surface area contributed by atoms with Gasteiger partial charge in [0.15, 0.2) is 0 Å². The lowest BCUT2D eigenvalue weighted by atomic mass is 10.2. The van der Waals surface area contributed by atoms with E-state index in [4.69, 9.17) is 15.7 Å². The summed E-state index contributed by atoms with van der Waals surface area (Å²) in [7, 11) is 1.68. The minimum atomic E-state index is 0.576. The minimum absolute atomic E-state index is 0.576. The van der Waals surface area contributed by atoms with Crippen molar-refractivity contribution in [2.24, 2.45) is 5.73 Å². The zero-order valence-corrected chi connectivity index (χ0v) is 10.9. The molecule has 0 atom stereocenters. The second-order valence-corrected chi connectivity index (χ2v) is 4.10. The first-order valence-electron chi connectivity index (χ1n) is 6.30. The molecule has 0 aliphatic rings. The predicted octanol–water partition coefficient (Wildman–Crippen LogP) is 0.662. The molecule has 6 heteroatoms. The van der Waals surface area contributed by atoms with Crippen molar-refractivity contribution >= 4 is 0 Å². The largest absolute Gasteiger partial charge is 0.384 e. The summed E-state index contributed by atoms with van der Waals surface area (Å²) in [5, 5.41) is 16.8. The Morgan fingerprint density at radius 2 is 2.22 bits per heavy atom. The molecule has 6 nitrogen and oxygen atoms in total. The van der Waals surface area contributed by atoms with Gasteiger partial charge in [0.1, 0.15) is 0 Å².